The van der Waals surface area contributed by atoms with E-state index in [0.717, 1.165) is 12.0 Å². The van der Waals surface area contributed by atoms with Gasteiger partial charge < -0.3 is 9.47 Å². The van der Waals surface area contributed by atoms with Crippen LogP contribution in [-0.2, 0) is 23.5 Å². The van der Waals surface area contributed by atoms with E-state index in [1.807, 2.05) is 19.1 Å². The minimum Gasteiger partial charge on any atom is -0.338 e. The van der Waals surface area contributed by atoms with Crippen LogP contribution in [0.4, 0.5) is 0 Å². The van der Waals surface area contributed by atoms with Crippen molar-refractivity contribution in [2.75, 3.05) is 19.6 Å². The van der Waals surface area contributed by atoms with Crippen LogP contribution in [0.15, 0.2) is 52.3 Å². The smallest absolute Gasteiger partial charge is 0.263 e. The number of hydrogen-bond donors (Lipinski definition) is 1. The molecular formula is C21H27N3O4S. The van der Waals surface area contributed by atoms with Crippen molar-refractivity contribution in [2.24, 2.45) is 13.0 Å². The third-order valence-electron chi connectivity index (χ3n) is 5.46. The van der Waals surface area contributed by atoms with Crippen molar-refractivity contribution in [1.29, 1.82) is 0 Å². The summed E-state index contributed by atoms with van der Waals surface area (Å²) in [4.78, 5) is 26.7. The zero-order valence-corrected chi connectivity index (χ0v) is 17.6. The second-order valence-corrected chi connectivity index (χ2v) is 9.19. The van der Waals surface area contributed by atoms with E-state index in [9.17, 15) is 18.0 Å². The van der Waals surface area contributed by atoms with Crippen LogP contribution in [0.25, 0.3) is 0 Å². The Morgan fingerprint density at radius 3 is 2.41 bits per heavy atom. The van der Waals surface area contributed by atoms with Crippen LogP contribution >= 0.6 is 0 Å². The van der Waals surface area contributed by atoms with Crippen LogP contribution in [0, 0.1) is 5.92 Å². The van der Waals surface area contributed by atoms with Crippen molar-refractivity contribution in [3.8, 4) is 0 Å². The van der Waals surface area contributed by atoms with Crippen molar-refractivity contribution in [3.05, 3.63) is 64.1 Å². The molecule has 29 heavy (non-hydrogen) atoms. The van der Waals surface area contributed by atoms with E-state index in [-0.39, 0.29) is 27.8 Å². The lowest BCUT2D eigenvalue weighted by atomic mass is 9.97. The van der Waals surface area contributed by atoms with Crippen molar-refractivity contribution >= 4 is 15.9 Å². The van der Waals surface area contributed by atoms with Gasteiger partial charge in [0.25, 0.3) is 11.5 Å². The predicted molar refractivity (Wildman–Crippen MR) is 111 cm³/mol. The fraction of sp³-hybridized carbons (Fsp3) is 0.429. The van der Waals surface area contributed by atoms with Gasteiger partial charge in [-0.1, -0.05) is 19.1 Å². The summed E-state index contributed by atoms with van der Waals surface area (Å²) >= 11 is 0. The molecule has 1 aliphatic heterocycles. The highest BCUT2D eigenvalue weighted by Gasteiger charge is 2.26. The number of rotatable bonds is 6. The van der Waals surface area contributed by atoms with Crippen LogP contribution in [0.2, 0.25) is 0 Å². The van der Waals surface area contributed by atoms with E-state index in [4.69, 9.17) is 0 Å². The number of hydrogen-bond acceptors (Lipinski definition) is 4. The maximum Gasteiger partial charge on any atom is 0.263 e. The Morgan fingerprint density at radius 1 is 1.14 bits per heavy atom. The molecule has 0 spiro atoms. The average Bonchev–Trinajstić information content (AvgIpc) is 2.74. The Morgan fingerprint density at radius 2 is 1.79 bits per heavy atom. The maximum absolute atomic E-state index is 12.6. The summed E-state index contributed by atoms with van der Waals surface area (Å²) in [5, 5.41) is 0. The molecule has 2 aromatic rings. The van der Waals surface area contributed by atoms with Crippen molar-refractivity contribution in [3.63, 3.8) is 0 Å². The molecule has 0 aliphatic carbocycles. The molecule has 1 aromatic carbocycles. The number of aromatic nitrogens is 1. The first-order valence-electron chi connectivity index (χ1n) is 9.85. The van der Waals surface area contributed by atoms with Gasteiger partial charge in [0.05, 0.1) is 4.90 Å². The molecule has 0 saturated carbocycles. The Kier molecular flexibility index (Phi) is 6.54. The van der Waals surface area contributed by atoms with E-state index < -0.39 is 10.0 Å². The first kappa shape index (κ1) is 21.3. The number of carbonyl (C=O) groups excluding carboxylic acids is 1. The lowest BCUT2D eigenvalue weighted by Gasteiger charge is -2.32. The molecule has 1 saturated heterocycles. The van der Waals surface area contributed by atoms with Crippen LogP contribution in [0.1, 0.15) is 35.7 Å². The van der Waals surface area contributed by atoms with E-state index in [0.29, 0.717) is 32.5 Å². The quantitative estimate of drug-likeness (QED) is 0.776. The SMILES string of the molecule is CCc1ccc(S(=O)(=O)NCC2CCN(C(=O)c3cccn(C)c3=O)CC2)cc1. The molecule has 1 N–H and O–H groups in total. The van der Waals surface area contributed by atoms with Crippen LogP contribution in [0.5, 0.6) is 0 Å². The average molecular weight is 418 g/mol. The minimum absolute atomic E-state index is 0.155. The lowest BCUT2D eigenvalue weighted by Crippen LogP contribution is -2.43. The Labute approximate surface area is 171 Å². The molecule has 1 aromatic heterocycles. The summed E-state index contributed by atoms with van der Waals surface area (Å²) in [6.07, 6.45) is 3.86. The van der Waals surface area contributed by atoms with Crippen LogP contribution in [-0.4, -0.2) is 43.4 Å². The summed E-state index contributed by atoms with van der Waals surface area (Å²) in [7, 11) is -1.92. The van der Waals surface area contributed by atoms with Gasteiger partial charge in [0.1, 0.15) is 5.56 Å². The molecule has 1 amide bonds. The first-order chi connectivity index (χ1) is 13.8. The number of sulfonamides is 1. The highest BCUT2D eigenvalue weighted by atomic mass is 32.2. The molecule has 0 unspecified atom stereocenters. The number of amides is 1. The monoisotopic (exact) mass is 417 g/mol. The second kappa shape index (κ2) is 8.92. The molecule has 0 radical (unpaired) electrons. The number of nitrogens with zero attached hydrogens (tertiary/aromatic N) is 2. The van der Waals surface area contributed by atoms with E-state index >= 15 is 0 Å². The van der Waals surface area contributed by atoms with Crippen LogP contribution in [0.3, 0.4) is 0 Å². The highest BCUT2D eigenvalue weighted by molar-refractivity contribution is 7.89. The van der Waals surface area contributed by atoms with Gasteiger partial charge in [-0.05, 0) is 55.0 Å². The normalized spacial score (nSPS) is 15.4. The number of pyridine rings is 1. The zero-order valence-electron chi connectivity index (χ0n) is 16.8. The topological polar surface area (TPSA) is 88.5 Å². The van der Waals surface area contributed by atoms with Gasteiger partial charge in [-0.3, -0.25) is 9.59 Å². The third-order valence-corrected chi connectivity index (χ3v) is 6.90. The molecule has 0 bridgehead atoms. The molecule has 1 fully saturated rings. The molecule has 7 nitrogen and oxygen atoms in total. The standard InChI is InChI=1S/C21H27N3O4S/c1-3-16-6-8-18(9-7-16)29(27,28)22-15-17-10-13-24(14-11-17)21(26)19-5-4-12-23(2)20(19)25/h4-9,12,17,22H,3,10-11,13-15H2,1-2H3. The van der Waals surface area contributed by atoms with E-state index in [1.54, 1.807) is 42.4 Å². The van der Waals surface area contributed by atoms with Crippen molar-refractivity contribution in [2.45, 2.75) is 31.1 Å². The van der Waals surface area contributed by atoms with Crippen molar-refractivity contribution in [1.82, 2.24) is 14.2 Å². The maximum atomic E-state index is 12.6. The number of aryl methyl sites for hydroxylation is 2. The third kappa shape index (κ3) is 4.94. The molecule has 3 rings (SSSR count). The highest BCUT2D eigenvalue weighted by Crippen LogP contribution is 2.19. The number of nitrogens with one attached hydrogen (secondary N) is 1. The first-order valence-corrected chi connectivity index (χ1v) is 11.3. The molecular weight excluding hydrogens is 390 g/mol. The number of carbonyl (C=O) groups is 1. The Balaban J connectivity index is 1.55. The molecule has 2 heterocycles. The van der Waals surface area contributed by atoms with E-state index in [1.165, 1.54) is 4.57 Å². The molecule has 8 heteroatoms. The van der Waals surface area contributed by atoms with Gasteiger partial charge in [-0.25, -0.2) is 13.1 Å². The van der Waals surface area contributed by atoms with E-state index in [2.05, 4.69) is 4.72 Å². The molecule has 0 atom stereocenters. The summed E-state index contributed by atoms with van der Waals surface area (Å²) in [6.45, 7) is 3.38. The predicted octanol–water partition coefficient (Wildman–Crippen LogP) is 1.78. The number of piperidine rings is 1. The Bertz CT molecular complexity index is 1020. The minimum atomic E-state index is -3.54. The fourth-order valence-electron chi connectivity index (χ4n) is 3.49. The summed E-state index contributed by atoms with van der Waals surface area (Å²) in [6, 6.07) is 10.1. The van der Waals surface area contributed by atoms with Gasteiger partial charge in [0, 0.05) is 32.9 Å². The summed E-state index contributed by atoms with van der Waals surface area (Å²) in [5.74, 6) is -0.108. The number of likely N-dealkylation sites (tertiary alicyclic amines) is 1. The second-order valence-electron chi connectivity index (χ2n) is 7.42. The molecule has 1 aliphatic rings. The summed E-state index contributed by atoms with van der Waals surface area (Å²) in [5.41, 5.74) is 0.959. The van der Waals surface area contributed by atoms with Gasteiger partial charge in [-0.15, -0.1) is 0 Å². The van der Waals surface area contributed by atoms with Crippen LogP contribution < -0.4 is 10.3 Å². The molecule has 156 valence electrons. The van der Waals surface area contributed by atoms with Gasteiger partial charge >= 0.3 is 0 Å². The zero-order chi connectivity index (χ0) is 21.0. The largest absolute Gasteiger partial charge is 0.338 e. The van der Waals surface area contributed by atoms with Gasteiger partial charge in [-0.2, -0.15) is 0 Å². The summed E-state index contributed by atoms with van der Waals surface area (Å²) < 4.78 is 29.1. The Hall–Kier alpha value is -2.45. The number of benzene rings is 1. The van der Waals surface area contributed by atoms with Gasteiger partial charge in [0.15, 0.2) is 0 Å². The lowest BCUT2D eigenvalue weighted by molar-refractivity contribution is 0.0689. The fourth-order valence-corrected chi connectivity index (χ4v) is 4.60. The van der Waals surface area contributed by atoms with Gasteiger partial charge in [0.2, 0.25) is 10.0 Å². The van der Waals surface area contributed by atoms with Crippen molar-refractivity contribution < 1.29 is 13.2 Å².